The Kier molecular flexibility index (Phi) is 7.20. The lowest BCUT2D eigenvalue weighted by Gasteiger charge is -2.28. The van der Waals surface area contributed by atoms with Gasteiger partial charge in [0, 0.05) is 11.3 Å². The molecule has 0 unspecified atom stereocenters. The van der Waals surface area contributed by atoms with Gasteiger partial charge in [0.1, 0.15) is 0 Å². The summed E-state index contributed by atoms with van der Waals surface area (Å²) in [6.45, 7) is 3.76. The van der Waals surface area contributed by atoms with Gasteiger partial charge in [-0.15, -0.1) is 0 Å². The molecule has 2 aromatic rings. The third kappa shape index (κ3) is 5.74. The van der Waals surface area contributed by atoms with Crippen molar-refractivity contribution in [1.82, 2.24) is 0 Å². The topological polar surface area (TPSA) is 55.4 Å². The highest BCUT2D eigenvalue weighted by molar-refractivity contribution is 6.42. The van der Waals surface area contributed by atoms with Gasteiger partial charge in [-0.25, -0.2) is 0 Å². The Hall–Kier alpha value is -2.04. The number of nitrogens with one attached hydrogen (secondary N) is 1. The normalized spacial score (nSPS) is 19.1. The quantitative estimate of drug-likeness (QED) is 0.549. The molecule has 2 aromatic carbocycles. The minimum atomic E-state index is -0.236. The fourth-order valence-corrected chi connectivity index (χ4v) is 3.97. The van der Waals surface area contributed by atoms with E-state index in [2.05, 4.69) is 5.32 Å². The maximum Gasteiger partial charge on any atom is 0.309 e. The molecule has 0 radical (unpaired) electrons. The van der Waals surface area contributed by atoms with Crippen molar-refractivity contribution in [3.63, 3.8) is 0 Å². The van der Waals surface area contributed by atoms with Gasteiger partial charge >= 0.3 is 5.97 Å². The van der Waals surface area contributed by atoms with Crippen molar-refractivity contribution in [1.29, 1.82) is 0 Å². The second kappa shape index (κ2) is 9.64. The minimum Gasteiger partial charge on any atom is -0.463 e. The average Bonchev–Trinajstić information content (AvgIpc) is 2.70. The van der Waals surface area contributed by atoms with Gasteiger partial charge in [-0.05, 0) is 81.3 Å². The van der Waals surface area contributed by atoms with E-state index in [4.69, 9.17) is 27.9 Å². The monoisotopic (exact) mass is 433 g/mol. The first-order valence-electron chi connectivity index (χ1n) is 9.90. The van der Waals surface area contributed by atoms with E-state index >= 15 is 0 Å². The molecular weight excluding hydrogens is 409 g/mol. The molecule has 154 valence electrons. The molecular formula is C23H25Cl2NO3. The summed E-state index contributed by atoms with van der Waals surface area (Å²) in [5, 5.41) is 3.64. The fourth-order valence-electron chi connectivity index (χ4n) is 3.67. The van der Waals surface area contributed by atoms with Gasteiger partial charge in [0.25, 0.3) is 5.91 Å². The zero-order valence-electron chi connectivity index (χ0n) is 16.6. The number of carbonyl (C=O) groups excluding carboxylic acids is 2. The van der Waals surface area contributed by atoms with E-state index in [1.807, 2.05) is 38.1 Å². The van der Waals surface area contributed by atoms with Crippen molar-refractivity contribution in [2.45, 2.75) is 51.6 Å². The number of carbonyl (C=O) groups is 2. The summed E-state index contributed by atoms with van der Waals surface area (Å²) in [5.41, 5.74) is 2.40. The van der Waals surface area contributed by atoms with Gasteiger partial charge in [-0.1, -0.05) is 35.3 Å². The second-order valence-electron chi connectivity index (χ2n) is 7.74. The molecule has 0 bridgehead atoms. The molecule has 1 saturated carbocycles. The summed E-state index contributed by atoms with van der Waals surface area (Å²) in [4.78, 5) is 24.5. The number of hydrogen-bond acceptors (Lipinski definition) is 3. The Morgan fingerprint density at radius 3 is 2.21 bits per heavy atom. The highest BCUT2D eigenvalue weighted by atomic mass is 35.5. The highest BCUT2D eigenvalue weighted by Gasteiger charge is 2.28. The molecule has 4 nitrogen and oxygen atoms in total. The Morgan fingerprint density at radius 2 is 1.62 bits per heavy atom. The summed E-state index contributed by atoms with van der Waals surface area (Å²) < 4.78 is 5.34. The first kappa shape index (κ1) is 21.7. The molecule has 0 spiro atoms. The van der Waals surface area contributed by atoms with Gasteiger partial charge in [0.2, 0.25) is 0 Å². The van der Waals surface area contributed by atoms with Crippen LogP contribution >= 0.6 is 23.2 Å². The van der Waals surface area contributed by atoms with Gasteiger partial charge in [-0.3, -0.25) is 9.59 Å². The van der Waals surface area contributed by atoms with Gasteiger partial charge < -0.3 is 10.1 Å². The van der Waals surface area contributed by atoms with Crippen LogP contribution < -0.4 is 5.32 Å². The molecule has 6 heteroatoms. The van der Waals surface area contributed by atoms with E-state index in [9.17, 15) is 9.59 Å². The number of amides is 1. The van der Waals surface area contributed by atoms with Gasteiger partial charge in [0.15, 0.2) is 0 Å². The lowest BCUT2D eigenvalue weighted by molar-refractivity contribution is -0.153. The van der Waals surface area contributed by atoms with Crippen molar-refractivity contribution in [2.24, 2.45) is 5.92 Å². The molecule has 0 heterocycles. The number of rotatable bonds is 5. The maximum absolute atomic E-state index is 12.4. The first-order chi connectivity index (χ1) is 13.8. The standard InChI is InChI=1S/C23H25Cl2NO3/c1-14(2)29-23(28)17-5-3-15(4-6-17)16-7-10-19(11-8-16)26-22(27)18-9-12-20(24)21(25)13-18/h7-15,17H,3-6H2,1-2H3,(H,26,27)/t15-,17-. The number of anilines is 1. The summed E-state index contributed by atoms with van der Waals surface area (Å²) >= 11 is 11.9. The molecule has 1 N–H and O–H groups in total. The minimum absolute atomic E-state index is 0.0124. The smallest absolute Gasteiger partial charge is 0.309 e. The largest absolute Gasteiger partial charge is 0.463 e. The summed E-state index contributed by atoms with van der Waals surface area (Å²) in [6, 6.07) is 12.7. The summed E-state index contributed by atoms with van der Waals surface area (Å²) in [5.74, 6) is 0.135. The van der Waals surface area contributed by atoms with Crippen LogP contribution in [0.1, 0.15) is 61.4 Å². The number of halogens is 2. The number of hydrogen-bond donors (Lipinski definition) is 1. The molecule has 0 aromatic heterocycles. The van der Waals surface area contributed by atoms with Crippen LogP contribution in [0.4, 0.5) is 5.69 Å². The van der Waals surface area contributed by atoms with Crippen LogP contribution in [0, 0.1) is 5.92 Å². The Bertz CT molecular complexity index is 872. The van der Waals surface area contributed by atoms with E-state index in [1.54, 1.807) is 18.2 Å². The molecule has 1 aliphatic rings. The Labute approximate surface area is 181 Å². The Balaban J connectivity index is 1.56. The lowest BCUT2D eigenvalue weighted by Crippen LogP contribution is -2.25. The van der Waals surface area contributed by atoms with Crippen LogP contribution in [-0.2, 0) is 9.53 Å². The van der Waals surface area contributed by atoms with E-state index < -0.39 is 0 Å². The zero-order valence-corrected chi connectivity index (χ0v) is 18.1. The van der Waals surface area contributed by atoms with Crippen molar-refractivity contribution in [2.75, 3.05) is 5.32 Å². The van der Waals surface area contributed by atoms with Crippen LogP contribution in [0.3, 0.4) is 0 Å². The third-order valence-corrected chi connectivity index (χ3v) is 5.97. The number of esters is 1. The zero-order chi connectivity index (χ0) is 21.0. The predicted molar refractivity (Wildman–Crippen MR) is 117 cm³/mol. The molecule has 0 atom stereocenters. The first-order valence-corrected chi connectivity index (χ1v) is 10.7. The average molecular weight is 434 g/mol. The van der Waals surface area contributed by atoms with Crippen LogP contribution in [0.25, 0.3) is 0 Å². The number of benzene rings is 2. The predicted octanol–water partition coefficient (Wildman–Crippen LogP) is 6.47. The van der Waals surface area contributed by atoms with Crippen molar-refractivity contribution < 1.29 is 14.3 Å². The second-order valence-corrected chi connectivity index (χ2v) is 8.55. The SMILES string of the molecule is CC(C)OC(=O)[C@H]1CC[C@H](c2ccc(NC(=O)c3ccc(Cl)c(Cl)c3)cc2)CC1. The van der Waals surface area contributed by atoms with E-state index in [-0.39, 0.29) is 23.9 Å². The Morgan fingerprint density at radius 1 is 0.966 bits per heavy atom. The third-order valence-electron chi connectivity index (χ3n) is 5.23. The molecule has 29 heavy (non-hydrogen) atoms. The van der Waals surface area contributed by atoms with E-state index in [0.717, 1.165) is 31.4 Å². The van der Waals surface area contributed by atoms with Crippen LogP contribution in [0.5, 0.6) is 0 Å². The molecule has 0 aliphatic heterocycles. The fraction of sp³-hybridized carbons (Fsp3) is 0.391. The molecule has 0 saturated heterocycles. The van der Waals surface area contributed by atoms with Gasteiger partial charge in [0.05, 0.1) is 22.1 Å². The maximum atomic E-state index is 12.4. The van der Waals surface area contributed by atoms with Gasteiger partial charge in [-0.2, -0.15) is 0 Å². The van der Waals surface area contributed by atoms with Crippen LogP contribution in [0.2, 0.25) is 10.0 Å². The molecule has 1 amide bonds. The van der Waals surface area contributed by atoms with Crippen LogP contribution in [0.15, 0.2) is 42.5 Å². The molecule has 1 fully saturated rings. The van der Waals surface area contributed by atoms with Crippen LogP contribution in [-0.4, -0.2) is 18.0 Å². The molecule has 1 aliphatic carbocycles. The van der Waals surface area contributed by atoms with E-state index in [0.29, 0.717) is 21.5 Å². The number of ether oxygens (including phenoxy) is 1. The van der Waals surface area contributed by atoms with Crippen molar-refractivity contribution in [3.8, 4) is 0 Å². The molecule has 3 rings (SSSR count). The van der Waals surface area contributed by atoms with E-state index in [1.165, 1.54) is 5.56 Å². The van der Waals surface area contributed by atoms with Crippen molar-refractivity contribution >= 4 is 40.8 Å². The lowest BCUT2D eigenvalue weighted by atomic mass is 9.78. The highest BCUT2D eigenvalue weighted by Crippen LogP contribution is 2.36. The summed E-state index contributed by atoms with van der Waals surface area (Å²) in [6.07, 6.45) is 3.57. The van der Waals surface area contributed by atoms with Crippen molar-refractivity contribution in [3.05, 3.63) is 63.6 Å². The summed E-state index contributed by atoms with van der Waals surface area (Å²) in [7, 11) is 0.